The Morgan fingerprint density at radius 2 is 2.14 bits per heavy atom. The number of benzene rings is 1. The van der Waals surface area contributed by atoms with Gasteiger partial charge in [0, 0.05) is 31.9 Å². The molecule has 0 amide bonds. The lowest BCUT2D eigenvalue weighted by Gasteiger charge is -2.24. The highest BCUT2D eigenvalue weighted by molar-refractivity contribution is 9.10. The summed E-state index contributed by atoms with van der Waals surface area (Å²) in [6.07, 6.45) is 4.49. The standard InChI is InChI=1S/C16H18BrN3O/c1-11-6-13(15-10-18-4-5-21-15)3-2-12(11)7-16-19-8-14(17)9-20-16/h2-3,6,8-9,15,18H,4-5,7,10H2,1H3. The van der Waals surface area contributed by atoms with Gasteiger partial charge in [-0.25, -0.2) is 9.97 Å². The van der Waals surface area contributed by atoms with Crippen LogP contribution in [0.2, 0.25) is 0 Å². The van der Waals surface area contributed by atoms with Crippen LogP contribution in [0.25, 0.3) is 0 Å². The first kappa shape index (κ1) is 14.6. The SMILES string of the molecule is Cc1cc(C2CNCCO2)ccc1Cc1ncc(Br)cn1. The van der Waals surface area contributed by atoms with E-state index in [-0.39, 0.29) is 6.10 Å². The summed E-state index contributed by atoms with van der Waals surface area (Å²) in [4.78, 5) is 8.67. The Hall–Kier alpha value is -1.30. The van der Waals surface area contributed by atoms with Crippen LogP contribution in [0.4, 0.5) is 0 Å². The van der Waals surface area contributed by atoms with E-state index in [1.807, 2.05) is 0 Å². The van der Waals surface area contributed by atoms with Crippen molar-refractivity contribution in [2.75, 3.05) is 19.7 Å². The Morgan fingerprint density at radius 1 is 1.33 bits per heavy atom. The minimum atomic E-state index is 0.162. The number of hydrogen-bond donors (Lipinski definition) is 1. The zero-order valence-corrected chi connectivity index (χ0v) is 13.6. The van der Waals surface area contributed by atoms with Crippen molar-refractivity contribution in [1.29, 1.82) is 0 Å². The van der Waals surface area contributed by atoms with Crippen LogP contribution in [-0.4, -0.2) is 29.7 Å². The number of nitrogens with one attached hydrogen (secondary N) is 1. The lowest BCUT2D eigenvalue weighted by molar-refractivity contribution is 0.0276. The molecule has 2 heterocycles. The number of halogens is 1. The molecule has 1 atom stereocenters. The minimum Gasteiger partial charge on any atom is -0.371 e. The Bertz CT molecular complexity index is 609. The van der Waals surface area contributed by atoms with E-state index in [1.54, 1.807) is 12.4 Å². The van der Waals surface area contributed by atoms with Crippen molar-refractivity contribution in [3.63, 3.8) is 0 Å². The highest BCUT2D eigenvalue weighted by atomic mass is 79.9. The Labute approximate surface area is 133 Å². The average molecular weight is 348 g/mol. The van der Waals surface area contributed by atoms with Crippen molar-refractivity contribution >= 4 is 15.9 Å². The van der Waals surface area contributed by atoms with Gasteiger partial charge in [-0.2, -0.15) is 0 Å². The molecule has 0 saturated carbocycles. The first-order chi connectivity index (χ1) is 10.2. The molecule has 0 aliphatic carbocycles. The fraction of sp³-hybridized carbons (Fsp3) is 0.375. The highest BCUT2D eigenvalue weighted by Crippen LogP contribution is 2.22. The van der Waals surface area contributed by atoms with Crippen LogP contribution in [0.15, 0.2) is 35.1 Å². The molecule has 5 heteroatoms. The van der Waals surface area contributed by atoms with E-state index in [0.717, 1.165) is 36.4 Å². The summed E-state index contributed by atoms with van der Waals surface area (Å²) in [5.41, 5.74) is 3.75. The van der Waals surface area contributed by atoms with Gasteiger partial charge in [0.15, 0.2) is 0 Å². The molecule has 0 spiro atoms. The average Bonchev–Trinajstić information content (AvgIpc) is 2.52. The predicted molar refractivity (Wildman–Crippen MR) is 85.3 cm³/mol. The minimum absolute atomic E-state index is 0.162. The fourth-order valence-electron chi connectivity index (χ4n) is 2.50. The quantitative estimate of drug-likeness (QED) is 0.927. The van der Waals surface area contributed by atoms with Crippen molar-refractivity contribution < 1.29 is 4.74 Å². The maximum atomic E-state index is 5.80. The second-order valence-corrected chi connectivity index (χ2v) is 6.16. The molecule has 1 aliphatic rings. The predicted octanol–water partition coefficient (Wildman–Crippen LogP) is 2.80. The molecule has 1 unspecified atom stereocenters. The molecule has 0 radical (unpaired) electrons. The van der Waals surface area contributed by atoms with E-state index >= 15 is 0 Å². The number of aryl methyl sites for hydroxylation is 1. The first-order valence-corrected chi connectivity index (χ1v) is 7.90. The molecule has 1 aliphatic heterocycles. The molecule has 1 fully saturated rings. The van der Waals surface area contributed by atoms with Gasteiger partial charge in [0.05, 0.1) is 17.2 Å². The van der Waals surface area contributed by atoms with E-state index in [2.05, 4.69) is 56.3 Å². The first-order valence-electron chi connectivity index (χ1n) is 7.10. The Kier molecular flexibility index (Phi) is 4.63. The number of ether oxygens (including phenoxy) is 1. The molecule has 110 valence electrons. The summed E-state index contributed by atoms with van der Waals surface area (Å²) in [7, 11) is 0. The molecule has 0 bridgehead atoms. The van der Waals surface area contributed by atoms with Gasteiger partial charge in [-0.05, 0) is 39.5 Å². The zero-order chi connectivity index (χ0) is 14.7. The third-order valence-corrected chi connectivity index (χ3v) is 4.10. The van der Waals surface area contributed by atoms with E-state index in [4.69, 9.17) is 4.74 Å². The van der Waals surface area contributed by atoms with Crippen LogP contribution in [-0.2, 0) is 11.2 Å². The summed E-state index contributed by atoms with van der Waals surface area (Å²) in [5, 5.41) is 3.36. The van der Waals surface area contributed by atoms with Crippen molar-refractivity contribution in [3.05, 3.63) is 57.6 Å². The van der Waals surface area contributed by atoms with Crippen molar-refractivity contribution in [2.24, 2.45) is 0 Å². The van der Waals surface area contributed by atoms with Crippen molar-refractivity contribution in [2.45, 2.75) is 19.4 Å². The number of rotatable bonds is 3. The molecule has 3 rings (SSSR count). The maximum Gasteiger partial charge on any atom is 0.132 e. The molecule has 1 N–H and O–H groups in total. The topological polar surface area (TPSA) is 47.0 Å². The maximum absolute atomic E-state index is 5.80. The Balaban J connectivity index is 1.76. The molecule has 4 nitrogen and oxygen atoms in total. The van der Waals surface area contributed by atoms with Crippen LogP contribution in [0.1, 0.15) is 28.6 Å². The van der Waals surface area contributed by atoms with Gasteiger partial charge in [0.1, 0.15) is 5.82 Å². The lowest BCUT2D eigenvalue weighted by atomic mass is 9.99. The summed E-state index contributed by atoms with van der Waals surface area (Å²) in [6, 6.07) is 6.53. The van der Waals surface area contributed by atoms with Crippen LogP contribution >= 0.6 is 15.9 Å². The van der Waals surface area contributed by atoms with Gasteiger partial charge >= 0.3 is 0 Å². The number of hydrogen-bond acceptors (Lipinski definition) is 4. The lowest BCUT2D eigenvalue weighted by Crippen LogP contribution is -2.33. The van der Waals surface area contributed by atoms with E-state index in [1.165, 1.54) is 16.7 Å². The van der Waals surface area contributed by atoms with Gasteiger partial charge in [-0.3, -0.25) is 0 Å². The molecule has 1 aromatic heterocycles. The summed E-state index contributed by atoms with van der Waals surface area (Å²) in [6.45, 7) is 4.73. The van der Waals surface area contributed by atoms with Gasteiger partial charge in [-0.15, -0.1) is 0 Å². The molecule has 21 heavy (non-hydrogen) atoms. The molecule has 2 aromatic rings. The van der Waals surface area contributed by atoms with Crippen LogP contribution in [0.3, 0.4) is 0 Å². The van der Waals surface area contributed by atoms with Crippen LogP contribution in [0, 0.1) is 6.92 Å². The van der Waals surface area contributed by atoms with Gasteiger partial charge in [-0.1, -0.05) is 18.2 Å². The fourth-order valence-corrected chi connectivity index (χ4v) is 2.70. The van der Waals surface area contributed by atoms with Gasteiger partial charge < -0.3 is 10.1 Å². The summed E-state index contributed by atoms with van der Waals surface area (Å²) < 4.78 is 6.70. The van der Waals surface area contributed by atoms with Crippen LogP contribution in [0.5, 0.6) is 0 Å². The van der Waals surface area contributed by atoms with E-state index < -0.39 is 0 Å². The van der Waals surface area contributed by atoms with E-state index in [0.29, 0.717) is 0 Å². The molecular weight excluding hydrogens is 330 g/mol. The number of nitrogens with zero attached hydrogens (tertiary/aromatic N) is 2. The van der Waals surface area contributed by atoms with E-state index in [9.17, 15) is 0 Å². The second-order valence-electron chi connectivity index (χ2n) is 5.24. The normalized spacial score (nSPS) is 18.7. The smallest absolute Gasteiger partial charge is 0.132 e. The zero-order valence-electron chi connectivity index (χ0n) is 12.0. The monoisotopic (exact) mass is 347 g/mol. The van der Waals surface area contributed by atoms with Crippen molar-refractivity contribution in [3.8, 4) is 0 Å². The highest BCUT2D eigenvalue weighted by Gasteiger charge is 2.16. The summed E-state index contributed by atoms with van der Waals surface area (Å²) >= 11 is 3.35. The second kappa shape index (κ2) is 6.64. The van der Waals surface area contributed by atoms with Crippen molar-refractivity contribution in [1.82, 2.24) is 15.3 Å². The summed E-state index contributed by atoms with van der Waals surface area (Å²) in [5.74, 6) is 0.838. The molecular formula is C16H18BrN3O. The number of morpholine rings is 1. The third kappa shape index (κ3) is 3.67. The van der Waals surface area contributed by atoms with Gasteiger partial charge in [0.2, 0.25) is 0 Å². The third-order valence-electron chi connectivity index (χ3n) is 3.69. The Morgan fingerprint density at radius 3 is 2.81 bits per heavy atom. The molecule has 1 aromatic carbocycles. The van der Waals surface area contributed by atoms with Gasteiger partial charge in [0.25, 0.3) is 0 Å². The number of aromatic nitrogens is 2. The van der Waals surface area contributed by atoms with Crippen LogP contribution < -0.4 is 5.32 Å². The molecule has 1 saturated heterocycles. The largest absolute Gasteiger partial charge is 0.371 e.